The molecule has 160 valence electrons. The molecule has 0 aliphatic rings. The summed E-state index contributed by atoms with van der Waals surface area (Å²) in [5.74, 6) is 0.352. The van der Waals surface area contributed by atoms with Crippen LogP contribution in [0.1, 0.15) is 5.56 Å². The molecule has 4 aromatic rings. The van der Waals surface area contributed by atoms with E-state index >= 15 is 0 Å². The molecule has 0 atom stereocenters. The number of hydrogen-bond acceptors (Lipinski definition) is 3. The quantitative estimate of drug-likeness (QED) is 0.181. The number of rotatable bonds is 6. The molecule has 0 unspecified atom stereocenters. The largest absolute Gasteiger partial charge is 0.369 e. The number of nitrogens with zero attached hydrogens (tertiary/aromatic N) is 2. The monoisotopic (exact) mass is 478 g/mol. The first-order valence-corrected chi connectivity index (χ1v) is 11.4. The fourth-order valence-corrected chi connectivity index (χ4v) is 4.01. The molecule has 0 fully saturated rings. The molecule has 0 bridgehead atoms. The van der Waals surface area contributed by atoms with Gasteiger partial charge in [0.25, 0.3) is 0 Å². The number of benzene rings is 3. The molecule has 0 amide bonds. The SMILES string of the molecule is NC(=NCc1cnc(-c2ccc(Cl)cc2)c(-c2cccc(Cl)c2)c1)NSc1ccccc1. The average Bonchev–Trinajstić information content (AvgIpc) is 2.82. The molecule has 0 spiro atoms. The lowest BCUT2D eigenvalue weighted by Gasteiger charge is -2.12. The molecule has 0 saturated heterocycles. The predicted molar refractivity (Wildman–Crippen MR) is 136 cm³/mol. The first-order chi connectivity index (χ1) is 15.6. The number of pyridine rings is 1. The first kappa shape index (κ1) is 22.2. The van der Waals surface area contributed by atoms with E-state index in [2.05, 4.69) is 15.8 Å². The van der Waals surface area contributed by atoms with Crippen LogP contribution < -0.4 is 10.5 Å². The normalized spacial score (nSPS) is 11.4. The van der Waals surface area contributed by atoms with E-state index < -0.39 is 0 Å². The van der Waals surface area contributed by atoms with Gasteiger partial charge in [-0.25, -0.2) is 4.99 Å². The Morgan fingerprint density at radius 3 is 2.41 bits per heavy atom. The van der Waals surface area contributed by atoms with Crippen LogP contribution in [-0.4, -0.2) is 10.9 Å². The van der Waals surface area contributed by atoms with Crippen LogP contribution in [0.3, 0.4) is 0 Å². The molecule has 3 aromatic carbocycles. The van der Waals surface area contributed by atoms with Crippen molar-refractivity contribution in [3.8, 4) is 22.4 Å². The Morgan fingerprint density at radius 2 is 1.66 bits per heavy atom. The highest BCUT2D eigenvalue weighted by atomic mass is 35.5. The van der Waals surface area contributed by atoms with Gasteiger partial charge in [-0.3, -0.25) is 9.71 Å². The van der Waals surface area contributed by atoms with Crippen molar-refractivity contribution in [2.45, 2.75) is 11.4 Å². The smallest absolute Gasteiger partial charge is 0.199 e. The van der Waals surface area contributed by atoms with E-state index in [1.807, 2.05) is 85.1 Å². The van der Waals surface area contributed by atoms with Crippen molar-refractivity contribution in [1.82, 2.24) is 9.71 Å². The maximum absolute atomic E-state index is 6.25. The molecule has 0 radical (unpaired) electrons. The zero-order chi connectivity index (χ0) is 22.3. The fraction of sp³-hybridized carbons (Fsp3) is 0.0400. The second kappa shape index (κ2) is 10.6. The Kier molecular flexibility index (Phi) is 7.32. The maximum atomic E-state index is 6.25. The molecule has 0 aliphatic heterocycles. The van der Waals surface area contributed by atoms with Crippen LogP contribution in [0.4, 0.5) is 0 Å². The van der Waals surface area contributed by atoms with E-state index in [0.717, 1.165) is 32.8 Å². The van der Waals surface area contributed by atoms with Crippen molar-refractivity contribution in [2.75, 3.05) is 0 Å². The van der Waals surface area contributed by atoms with E-state index in [1.165, 1.54) is 11.9 Å². The Balaban J connectivity index is 1.59. The van der Waals surface area contributed by atoms with E-state index in [-0.39, 0.29) is 0 Å². The molecule has 0 aliphatic carbocycles. The highest BCUT2D eigenvalue weighted by Crippen LogP contribution is 2.33. The van der Waals surface area contributed by atoms with Crippen LogP contribution in [0.5, 0.6) is 0 Å². The average molecular weight is 479 g/mol. The van der Waals surface area contributed by atoms with Crippen molar-refractivity contribution < 1.29 is 0 Å². The third kappa shape index (κ3) is 5.82. The molecule has 0 saturated carbocycles. The summed E-state index contributed by atoms with van der Waals surface area (Å²) in [5, 5.41) is 1.35. The molecular weight excluding hydrogens is 459 g/mol. The summed E-state index contributed by atoms with van der Waals surface area (Å²) in [6, 6.07) is 27.3. The molecule has 1 aromatic heterocycles. The van der Waals surface area contributed by atoms with Gasteiger partial charge < -0.3 is 5.73 Å². The van der Waals surface area contributed by atoms with Gasteiger partial charge in [-0.15, -0.1) is 0 Å². The maximum Gasteiger partial charge on any atom is 0.199 e. The molecular formula is C25H20Cl2N4S. The van der Waals surface area contributed by atoms with Crippen LogP contribution >= 0.6 is 35.1 Å². The summed E-state index contributed by atoms with van der Waals surface area (Å²) in [6.45, 7) is 0.398. The second-order valence-electron chi connectivity index (χ2n) is 6.98. The van der Waals surface area contributed by atoms with E-state index in [9.17, 15) is 0 Å². The van der Waals surface area contributed by atoms with Crippen LogP contribution in [0.25, 0.3) is 22.4 Å². The summed E-state index contributed by atoms with van der Waals surface area (Å²) in [5.41, 5.74) is 10.7. The number of hydrogen-bond donors (Lipinski definition) is 2. The minimum absolute atomic E-state index is 0.352. The highest BCUT2D eigenvalue weighted by Gasteiger charge is 2.11. The lowest BCUT2D eigenvalue weighted by molar-refractivity contribution is 1.03. The fourth-order valence-electron chi connectivity index (χ4n) is 3.12. The van der Waals surface area contributed by atoms with Crippen molar-refractivity contribution in [1.29, 1.82) is 0 Å². The topological polar surface area (TPSA) is 63.3 Å². The molecule has 3 N–H and O–H groups in total. The summed E-state index contributed by atoms with van der Waals surface area (Å²) in [4.78, 5) is 10.2. The summed E-state index contributed by atoms with van der Waals surface area (Å²) >= 11 is 13.7. The molecule has 32 heavy (non-hydrogen) atoms. The lowest BCUT2D eigenvalue weighted by Crippen LogP contribution is -2.25. The first-order valence-electron chi connectivity index (χ1n) is 9.87. The minimum Gasteiger partial charge on any atom is -0.369 e. The Morgan fingerprint density at radius 1 is 0.875 bits per heavy atom. The van der Waals surface area contributed by atoms with Gasteiger partial charge in [0.2, 0.25) is 0 Å². The lowest BCUT2D eigenvalue weighted by atomic mass is 9.98. The Labute approximate surface area is 201 Å². The van der Waals surface area contributed by atoms with Gasteiger partial charge in [-0.1, -0.05) is 65.7 Å². The summed E-state index contributed by atoms with van der Waals surface area (Å²) in [6.07, 6.45) is 1.82. The van der Waals surface area contributed by atoms with Crippen molar-refractivity contribution in [2.24, 2.45) is 10.7 Å². The summed E-state index contributed by atoms with van der Waals surface area (Å²) < 4.78 is 3.06. The van der Waals surface area contributed by atoms with E-state index in [4.69, 9.17) is 33.9 Å². The second-order valence-corrected chi connectivity index (χ2v) is 8.73. The standard InChI is InChI=1S/C25H20Cl2N4S/c26-20-11-9-18(10-12-20)24-23(19-5-4-6-21(27)14-19)13-17(15-29-24)16-30-25(28)31-32-22-7-2-1-3-8-22/h1-15H,16H2,(H3,28,30,31). The third-order valence-corrected chi connectivity index (χ3v) is 5.95. The van der Waals surface area contributed by atoms with Crippen LogP contribution in [-0.2, 0) is 6.54 Å². The van der Waals surface area contributed by atoms with Gasteiger partial charge in [-0.2, -0.15) is 0 Å². The molecule has 1 heterocycles. The number of nitrogens with one attached hydrogen (secondary N) is 1. The van der Waals surface area contributed by atoms with Crippen LogP contribution in [0, 0.1) is 0 Å². The highest BCUT2D eigenvalue weighted by molar-refractivity contribution is 7.98. The number of halogens is 2. The zero-order valence-corrected chi connectivity index (χ0v) is 19.3. The number of guanidine groups is 1. The predicted octanol–water partition coefficient (Wildman–Crippen LogP) is 6.83. The van der Waals surface area contributed by atoms with Gasteiger partial charge in [0.05, 0.1) is 12.2 Å². The minimum atomic E-state index is 0.352. The van der Waals surface area contributed by atoms with E-state index in [0.29, 0.717) is 22.5 Å². The van der Waals surface area contributed by atoms with Gasteiger partial charge in [-0.05, 0) is 65.5 Å². The molecule has 4 rings (SSSR count). The van der Waals surface area contributed by atoms with Crippen LogP contribution in [0.2, 0.25) is 10.0 Å². The van der Waals surface area contributed by atoms with Crippen molar-refractivity contribution in [3.63, 3.8) is 0 Å². The van der Waals surface area contributed by atoms with Gasteiger partial charge in [0.15, 0.2) is 5.96 Å². The van der Waals surface area contributed by atoms with Crippen LogP contribution in [0.15, 0.2) is 101 Å². The summed E-state index contributed by atoms with van der Waals surface area (Å²) in [7, 11) is 0. The van der Waals surface area contributed by atoms with Crippen molar-refractivity contribution >= 4 is 41.1 Å². The number of aromatic nitrogens is 1. The number of nitrogens with two attached hydrogens (primary N) is 1. The van der Waals surface area contributed by atoms with Gasteiger partial charge in [0.1, 0.15) is 0 Å². The van der Waals surface area contributed by atoms with Gasteiger partial charge in [0, 0.05) is 32.3 Å². The van der Waals surface area contributed by atoms with E-state index in [1.54, 1.807) is 0 Å². The Hall–Kier alpha value is -2.99. The molecule has 4 nitrogen and oxygen atoms in total. The molecule has 7 heteroatoms. The van der Waals surface area contributed by atoms with Gasteiger partial charge >= 0.3 is 0 Å². The Bertz CT molecular complexity index is 1230. The third-order valence-electron chi connectivity index (χ3n) is 4.65. The van der Waals surface area contributed by atoms with Crippen molar-refractivity contribution in [3.05, 3.63) is 107 Å². The number of aliphatic imine (C=N–C) groups is 1. The zero-order valence-electron chi connectivity index (χ0n) is 17.0.